The van der Waals surface area contributed by atoms with Gasteiger partial charge in [-0.15, -0.1) is 5.10 Å². The molecule has 96 valence electrons. The minimum Gasteiger partial charge on any atom is -0.444 e. The number of anilines is 1. The summed E-state index contributed by atoms with van der Waals surface area (Å²) < 4.78 is 5.54. The molecule has 0 atom stereocenters. The van der Waals surface area contributed by atoms with Crippen molar-refractivity contribution in [1.29, 1.82) is 0 Å². The number of oxazole rings is 1. The molecular formula is C14H14N4O. The smallest absolute Gasteiger partial charge is 0.213 e. The molecule has 3 rings (SSSR count). The summed E-state index contributed by atoms with van der Waals surface area (Å²) in [5, 5.41) is 13.4. The Morgan fingerprint density at radius 3 is 2.95 bits per heavy atom. The molecule has 5 heteroatoms. The third kappa shape index (κ3) is 2.40. The second-order valence-electron chi connectivity index (χ2n) is 4.21. The molecule has 3 aromatic rings. The lowest BCUT2D eigenvalue weighted by molar-refractivity contribution is 0.465. The SMILES string of the molecule is CCc1cnc(CNc2nncc3ccccc23)o1. The fourth-order valence-electron chi connectivity index (χ4n) is 1.91. The number of aryl methyl sites for hydroxylation is 1. The number of rotatable bonds is 4. The van der Waals surface area contributed by atoms with Crippen LogP contribution in [0.5, 0.6) is 0 Å². The minimum atomic E-state index is 0.503. The minimum absolute atomic E-state index is 0.503. The van der Waals surface area contributed by atoms with Gasteiger partial charge in [0, 0.05) is 17.2 Å². The fraction of sp³-hybridized carbons (Fsp3) is 0.214. The molecule has 0 aliphatic carbocycles. The van der Waals surface area contributed by atoms with Crippen LogP contribution >= 0.6 is 0 Å². The van der Waals surface area contributed by atoms with Gasteiger partial charge in [-0.25, -0.2) is 4.98 Å². The molecule has 5 nitrogen and oxygen atoms in total. The Kier molecular flexibility index (Phi) is 3.10. The second-order valence-corrected chi connectivity index (χ2v) is 4.21. The summed E-state index contributed by atoms with van der Waals surface area (Å²) in [4.78, 5) is 4.20. The highest BCUT2D eigenvalue weighted by atomic mass is 16.4. The third-order valence-electron chi connectivity index (χ3n) is 2.93. The average molecular weight is 254 g/mol. The number of hydrogen-bond donors (Lipinski definition) is 1. The van der Waals surface area contributed by atoms with E-state index in [4.69, 9.17) is 4.42 Å². The molecule has 2 aromatic heterocycles. The summed E-state index contributed by atoms with van der Waals surface area (Å²) in [5.41, 5.74) is 0. The van der Waals surface area contributed by atoms with Gasteiger partial charge in [-0.1, -0.05) is 31.2 Å². The van der Waals surface area contributed by atoms with Gasteiger partial charge in [-0.2, -0.15) is 5.10 Å². The van der Waals surface area contributed by atoms with E-state index in [1.165, 1.54) is 0 Å². The van der Waals surface area contributed by atoms with Crippen molar-refractivity contribution in [1.82, 2.24) is 15.2 Å². The van der Waals surface area contributed by atoms with E-state index >= 15 is 0 Å². The zero-order valence-corrected chi connectivity index (χ0v) is 10.6. The van der Waals surface area contributed by atoms with E-state index in [1.807, 2.05) is 31.2 Å². The lowest BCUT2D eigenvalue weighted by Crippen LogP contribution is -2.03. The van der Waals surface area contributed by atoms with Crippen molar-refractivity contribution < 1.29 is 4.42 Å². The van der Waals surface area contributed by atoms with Crippen LogP contribution in [-0.4, -0.2) is 15.2 Å². The number of fused-ring (bicyclic) bond motifs is 1. The van der Waals surface area contributed by atoms with Crippen LogP contribution in [0.4, 0.5) is 5.82 Å². The highest BCUT2D eigenvalue weighted by Crippen LogP contribution is 2.19. The van der Waals surface area contributed by atoms with E-state index < -0.39 is 0 Å². The molecule has 0 aliphatic heterocycles. The van der Waals surface area contributed by atoms with Crippen molar-refractivity contribution in [2.45, 2.75) is 19.9 Å². The lowest BCUT2D eigenvalue weighted by Gasteiger charge is -2.05. The molecule has 0 bridgehead atoms. The van der Waals surface area contributed by atoms with Gasteiger partial charge in [0.15, 0.2) is 5.82 Å². The van der Waals surface area contributed by atoms with Gasteiger partial charge in [0.1, 0.15) is 5.76 Å². The van der Waals surface area contributed by atoms with Gasteiger partial charge in [0.2, 0.25) is 5.89 Å². The van der Waals surface area contributed by atoms with Crippen LogP contribution in [0.2, 0.25) is 0 Å². The van der Waals surface area contributed by atoms with Gasteiger partial charge in [-0.3, -0.25) is 0 Å². The van der Waals surface area contributed by atoms with Gasteiger partial charge >= 0.3 is 0 Å². The van der Waals surface area contributed by atoms with Crippen molar-refractivity contribution in [3.05, 3.63) is 48.3 Å². The molecule has 0 saturated carbocycles. The zero-order valence-electron chi connectivity index (χ0n) is 10.6. The van der Waals surface area contributed by atoms with Crippen LogP contribution in [0, 0.1) is 0 Å². The molecule has 0 unspecified atom stereocenters. The van der Waals surface area contributed by atoms with Crippen LogP contribution in [0.15, 0.2) is 41.1 Å². The van der Waals surface area contributed by atoms with Crippen LogP contribution < -0.4 is 5.32 Å². The Morgan fingerprint density at radius 2 is 2.11 bits per heavy atom. The zero-order chi connectivity index (χ0) is 13.1. The van der Waals surface area contributed by atoms with E-state index in [-0.39, 0.29) is 0 Å². The standard InChI is InChI=1S/C14H14N4O/c1-2-11-8-15-13(19-11)9-16-14-12-6-4-3-5-10(12)7-17-18-14/h3-8H,2,9H2,1H3,(H,16,18). The topological polar surface area (TPSA) is 63.8 Å². The molecule has 1 aromatic carbocycles. The summed E-state index contributed by atoms with van der Waals surface area (Å²) in [7, 11) is 0. The molecule has 0 fully saturated rings. The van der Waals surface area contributed by atoms with Crippen molar-refractivity contribution in [2.75, 3.05) is 5.32 Å². The van der Waals surface area contributed by atoms with E-state index in [9.17, 15) is 0 Å². The van der Waals surface area contributed by atoms with Crippen molar-refractivity contribution >= 4 is 16.6 Å². The predicted octanol–water partition coefficient (Wildman–Crippen LogP) is 2.79. The average Bonchev–Trinajstić information content (AvgIpc) is 2.93. The third-order valence-corrected chi connectivity index (χ3v) is 2.93. The molecular weight excluding hydrogens is 240 g/mol. The maximum atomic E-state index is 5.54. The summed E-state index contributed by atoms with van der Waals surface area (Å²) in [6.45, 7) is 2.54. The van der Waals surface area contributed by atoms with Crippen molar-refractivity contribution in [2.24, 2.45) is 0 Å². The van der Waals surface area contributed by atoms with E-state index in [2.05, 4.69) is 20.5 Å². The molecule has 0 spiro atoms. The Bertz CT molecular complexity index is 687. The maximum absolute atomic E-state index is 5.54. The Balaban J connectivity index is 1.81. The molecule has 0 saturated heterocycles. The molecule has 0 aliphatic rings. The molecule has 2 heterocycles. The largest absolute Gasteiger partial charge is 0.444 e. The van der Waals surface area contributed by atoms with Gasteiger partial charge < -0.3 is 9.73 Å². The summed E-state index contributed by atoms with van der Waals surface area (Å²) in [5.74, 6) is 2.29. The van der Waals surface area contributed by atoms with Crippen molar-refractivity contribution in [3.8, 4) is 0 Å². The maximum Gasteiger partial charge on any atom is 0.213 e. The highest BCUT2D eigenvalue weighted by molar-refractivity contribution is 5.90. The lowest BCUT2D eigenvalue weighted by atomic mass is 10.2. The summed E-state index contributed by atoms with van der Waals surface area (Å²) >= 11 is 0. The summed E-state index contributed by atoms with van der Waals surface area (Å²) in [6.07, 6.45) is 4.35. The Labute approximate surface area is 110 Å². The quantitative estimate of drug-likeness (QED) is 0.775. The van der Waals surface area contributed by atoms with E-state index in [0.29, 0.717) is 12.4 Å². The number of nitrogens with zero attached hydrogens (tertiary/aromatic N) is 3. The number of hydrogen-bond acceptors (Lipinski definition) is 5. The Hall–Kier alpha value is -2.43. The van der Waals surface area contributed by atoms with Crippen LogP contribution in [0.1, 0.15) is 18.6 Å². The molecule has 19 heavy (non-hydrogen) atoms. The highest BCUT2D eigenvalue weighted by Gasteiger charge is 2.05. The first kappa shape index (κ1) is 11.6. The van der Waals surface area contributed by atoms with Crippen LogP contribution in [-0.2, 0) is 13.0 Å². The second kappa shape index (κ2) is 5.06. The molecule has 1 N–H and O–H groups in total. The van der Waals surface area contributed by atoms with Crippen molar-refractivity contribution in [3.63, 3.8) is 0 Å². The summed E-state index contributed by atoms with van der Waals surface area (Å²) in [6, 6.07) is 7.99. The first-order valence-corrected chi connectivity index (χ1v) is 6.24. The molecule has 0 amide bonds. The monoisotopic (exact) mass is 254 g/mol. The Morgan fingerprint density at radius 1 is 1.21 bits per heavy atom. The van der Waals surface area contributed by atoms with Crippen LogP contribution in [0.25, 0.3) is 10.8 Å². The van der Waals surface area contributed by atoms with E-state index in [1.54, 1.807) is 12.4 Å². The normalized spacial score (nSPS) is 10.8. The van der Waals surface area contributed by atoms with Gasteiger partial charge in [0.25, 0.3) is 0 Å². The first-order chi connectivity index (χ1) is 9.36. The van der Waals surface area contributed by atoms with Gasteiger partial charge in [0.05, 0.1) is 18.9 Å². The van der Waals surface area contributed by atoms with E-state index in [0.717, 1.165) is 28.8 Å². The predicted molar refractivity (Wildman–Crippen MR) is 72.7 cm³/mol. The van der Waals surface area contributed by atoms with Gasteiger partial charge in [-0.05, 0) is 0 Å². The number of benzene rings is 1. The fourth-order valence-corrected chi connectivity index (χ4v) is 1.91. The number of nitrogens with one attached hydrogen (secondary N) is 1. The first-order valence-electron chi connectivity index (χ1n) is 6.24. The number of aromatic nitrogens is 3. The molecule has 0 radical (unpaired) electrons. The van der Waals surface area contributed by atoms with Crippen LogP contribution in [0.3, 0.4) is 0 Å².